The molecule has 4 rings (SSSR count). The molecule has 0 radical (unpaired) electrons. The first-order chi connectivity index (χ1) is 15.5. The molecular formula is C24H24N4O3S. The largest absolute Gasteiger partial charge is 0.496 e. The second-order valence-electron chi connectivity index (χ2n) is 7.29. The van der Waals surface area contributed by atoms with E-state index >= 15 is 0 Å². The third kappa shape index (κ3) is 4.86. The molecule has 1 atom stereocenters. The van der Waals surface area contributed by atoms with Crippen LogP contribution in [-0.2, 0) is 11.3 Å². The predicted molar refractivity (Wildman–Crippen MR) is 125 cm³/mol. The number of carbonyl (C=O) groups is 1. The van der Waals surface area contributed by atoms with Crippen molar-refractivity contribution < 1.29 is 13.9 Å². The molecule has 0 saturated heterocycles. The minimum absolute atomic E-state index is 0.106. The van der Waals surface area contributed by atoms with Gasteiger partial charge >= 0.3 is 0 Å². The highest BCUT2D eigenvalue weighted by Gasteiger charge is 2.23. The summed E-state index contributed by atoms with van der Waals surface area (Å²) in [5, 5.41) is 12.0. The molecule has 0 aliphatic rings. The highest BCUT2D eigenvalue weighted by molar-refractivity contribution is 8.00. The maximum absolute atomic E-state index is 12.8. The van der Waals surface area contributed by atoms with Gasteiger partial charge in [-0.25, -0.2) is 0 Å². The Morgan fingerprint density at radius 3 is 2.62 bits per heavy atom. The number of furan rings is 1. The van der Waals surface area contributed by atoms with Gasteiger partial charge in [0, 0.05) is 5.69 Å². The molecule has 0 spiro atoms. The molecule has 0 aliphatic carbocycles. The molecule has 0 unspecified atom stereocenters. The minimum atomic E-state index is -0.388. The molecule has 0 fully saturated rings. The highest BCUT2D eigenvalue weighted by Crippen LogP contribution is 2.33. The second kappa shape index (κ2) is 9.74. The van der Waals surface area contributed by atoms with Crippen molar-refractivity contribution >= 4 is 23.4 Å². The van der Waals surface area contributed by atoms with Crippen LogP contribution < -0.4 is 10.1 Å². The van der Waals surface area contributed by atoms with Gasteiger partial charge in [0.2, 0.25) is 5.91 Å². The zero-order valence-corrected chi connectivity index (χ0v) is 18.9. The fraction of sp³-hybridized carbons (Fsp3) is 0.208. The number of amides is 1. The van der Waals surface area contributed by atoms with Gasteiger partial charge < -0.3 is 14.5 Å². The number of nitrogens with one attached hydrogen (secondary N) is 1. The normalized spacial score (nSPS) is 11.8. The van der Waals surface area contributed by atoms with E-state index in [-0.39, 0.29) is 11.2 Å². The van der Waals surface area contributed by atoms with E-state index in [0.717, 1.165) is 22.6 Å². The lowest BCUT2D eigenvalue weighted by molar-refractivity contribution is -0.115. The summed E-state index contributed by atoms with van der Waals surface area (Å²) in [5.41, 5.74) is 2.72. The molecule has 32 heavy (non-hydrogen) atoms. The summed E-state index contributed by atoms with van der Waals surface area (Å²) in [4.78, 5) is 12.8. The van der Waals surface area contributed by atoms with Crippen LogP contribution in [-0.4, -0.2) is 33.0 Å². The van der Waals surface area contributed by atoms with Crippen LogP contribution in [0.4, 0.5) is 5.69 Å². The molecule has 1 amide bonds. The van der Waals surface area contributed by atoms with Gasteiger partial charge in [-0.2, -0.15) is 0 Å². The van der Waals surface area contributed by atoms with E-state index in [1.54, 1.807) is 13.4 Å². The molecular weight excluding hydrogens is 424 g/mol. The van der Waals surface area contributed by atoms with E-state index < -0.39 is 0 Å². The maximum atomic E-state index is 12.8. The third-order valence-corrected chi connectivity index (χ3v) is 6.01. The number of rotatable bonds is 8. The topological polar surface area (TPSA) is 82.2 Å². The first-order valence-electron chi connectivity index (χ1n) is 10.2. The van der Waals surface area contributed by atoms with Crippen molar-refractivity contribution in [2.45, 2.75) is 30.8 Å². The Morgan fingerprint density at radius 2 is 1.91 bits per heavy atom. The van der Waals surface area contributed by atoms with Crippen molar-refractivity contribution in [2.75, 3.05) is 12.4 Å². The van der Waals surface area contributed by atoms with E-state index in [0.29, 0.717) is 23.3 Å². The lowest BCUT2D eigenvalue weighted by Gasteiger charge is -2.14. The van der Waals surface area contributed by atoms with Crippen LogP contribution in [0.3, 0.4) is 0 Å². The maximum Gasteiger partial charge on any atom is 0.237 e. The van der Waals surface area contributed by atoms with Crippen molar-refractivity contribution in [2.24, 2.45) is 0 Å². The second-order valence-corrected chi connectivity index (χ2v) is 8.60. The molecule has 8 heteroatoms. The summed E-state index contributed by atoms with van der Waals surface area (Å²) < 4.78 is 13.0. The Balaban J connectivity index is 1.60. The van der Waals surface area contributed by atoms with Crippen LogP contribution in [0.25, 0.3) is 11.4 Å². The molecule has 2 heterocycles. The average Bonchev–Trinajstić information content (AvgIpc) is 3.46. The number of benzene rings is 2. The zero-order valence-electron chi connectivity index (χ0n) is 18.1. The Kier molecular flexibility index (Phi) is 6.61. The van der Waals surface area contributed by atoms with Crippen LogP contribution in [0.1, 0.15) is 18.2 Å². The highest BCUT2D eigenvalue weighted by atomic mass is 32.2. The van der Waals surface area contributed by atoms with Gasteiger partial charge in [0.25, 0.3) is 0 Å². The number of nitrogens with zero attached hydrogens (tertiary/aromatic N) is 3. The van der Waals surface area contributed by atoms with Gasteiger partial charge in [-0.15, -0.1) is 10.2 Å². The fourth-order valence-corrected chi connectivity index (χ4v) is 4.05. The first-order valence-corrected chi connectivity index (χ1v) is 11.1. The zero-order chi connectivity index (χ0) is 22.5. The van der Waals surface area contributed by atoms with Gasteiger partial charge in [-0.05, 0) is 50.2 Å². The molecule has 1 N–H and O–H groups in total. The fourth-order valence-electron chi connectivity index (χ4n) is 3.20. The van der Waals surface area contributed by atoms with E-state index in [1.807, 2.05) is 79.1 Å². The quantitative estimate of drug-likeness (QED) is 0.381. The van der Waals surface area contributed by atoms with Gasteiger partial charge in [-0.1, -0.05) is 41.6 Å². The van der Waals surface area contributed by atoms with E-state index in [9.17, 15) is 4.79 Å². The number of carbonyl (C=O) groups excluding carboxylic acids is 1. The molecule has 0 bridgehead atoms. The Hall–Kier alpha value is -3.52. The van der Waals surface area contributed by atoms with E-state index in [4.69, 9.17) is 9.15 Å². The number of aromatic nitrogens is 3. The smallest absolute Gasteiger partial charge is 0.237 e. The van der Waals surface area contributed by atoms with Crippen molar-refractivity contribution in [3.63, 3.8) is 0 Å². The SMILES string of the molecule is COc1ccccc1-c1nnc(S[C@@H](C)C(=O)Nc2ccc(C)cc2)n1Cc1ccco1. The summed E-state index contributed by atoms with van der Waals surface area (Å²) in [6.07, 6.45) is 1.63. The molecule has 7 nitrogen and oxygen atoms in total. The van der Waals surface area contributed by atoms with E-state index in [2.05, 4.69) is 15.5 Å². The summed E-state index contributed by atoms with van der Waals surface area (Å²) in [5.74, 6) is 2.00. The van der Waals surface area contributed by atoms with Crippen LogP contribution in [0, 0.1) is 6.92 Å². The molecule has 0 aliphatic heterocycles. The van der Waals surface area contributed by atoms with E-state index in [1.165, 1.54) is 11.8 Å². The standard InChI is InChI=1S/C24H24N4O3S/c1-16-10-12-18(13-11-16)25-23(29)17(2)32-24-27-26-22(20-8-4-5-9-21(20)30-3)28(24)15-19-7-6-14-31-19/h4-14,17H,15H2,1-3H3,(H,25,29)/t17-/m0/s1. The monoisotopic (exact) mass is 448 g/mol. The number of methoxy groups -OCH3 is 1. The summed E-state index contributed by atoms with van der Waals surface area (Å²) in [6, 6.07) is 19.1. The summed E-state index contributed by atoms with van der Waals surface area (Å²) in [6.45, 7) is 4.29. The van der Waals surface area contributed by atoms with Crippen molar-refractivity contribution in [3.05, 3.63) is 78.3 Å². The van der Waals surface area contributed by atoms with Crippen LogP contribution >= 0.6 is 11.8 Å². The number of para-hydroxylation sites is 1. The first kappa shape index (κ1) is 21.7. The average molecular weight is 449 g/mol. The summed E-state index contributed by atoms with van der Waals surface area (Å²) >= 11 is 1.35. The number of aryl methyl sites for hydroxylation is 1. The number of hydrogen-bond acceptors (Lipinski definition) is 6. The predicted octanol–water partition coefficient (Wildman–Crippen LogP) is 5.02. The summed E-state index contributed by atoms with van der Waals surface area (Å²) in [7, 11) is 1.62. The number of ether oxygens (including phenoxy) is 1. The van der Waals surface area contributed by atoms with Crippen LogP contribution in [0.5, 0.6) is 5.75 Å². The van der Waals surface area contributed by atoms with Gasteiger partial charge in [0.15, 0.2) is 11.0 Å². The molecule has 164 valence electrons. The molecule has 2 aromatic heterocycles. The van der Waals surface area contributed by atoms with Crippen molar-refractivity contribution in [1.82, 2.24) is 14.8 Å². The van der Waals surface area contributed by atoms with Crippen molar-refractivity contribution in [3.8, 4) is 17.1 Å². The van der Waals surface area contributed by atoms with Crippen LogP contribution in [0.15, 0.2) is 76.5 Å². The Labute approximate surface area is 190 Å². The minimum Gasteiger partial charge on any atom is -0.496 e. The number of hydrogen-bond donors (Lipinski definition) is 1. The molecule has 2 aromatic carbocycles. The van der Waals surface area contributed by atoms with Gasteiger partial charge in [-0.3, -0.25) is 9.36 Å². The third-order valence-electron chi connectivity index (χ3n) is 4.93. The van der Waals surface area contributed by atoms with Crippen LogP contribution in [0.2, 0.25) is 0 Å². The lowest BCUT2D eigenvalue weighted by atomic mass is 10.2. The Morgan fingerprint density at radius 1 is 1.12 bits per heavy atom. The van der Waals surface area contributed by atoms with Gasteiger partial charge in [0.1, 0.15) is 11.5 Å². The van der Waals surface area contributed by atoms with Gasteiger partial charge in [0.05, 0.1) is 30.7 Å². The molecule has 4 aromatic rings. The number of thioether (sulfide) groups is 1. The molecule has 0 saturated carbocycles. The number of anilines is 1. The lowest BCUT2D eigenvalue weighted by Crippen LogP contribution is -2.23. The van der Waals surface area contributed by atoms with Crippen molar-refractivity contribution in [1.29, 1.82) is 0 Å². The Bertz CT molecular complexity index is 1190.